The smallest absolute Gasteiger partial charge is 0.417 e. The molecule has 2 N–H and O–H groups in total. The third-order valence-corrected chi connectivity index (χ3v) is 4.38. The highest BCUT2D eigenvalue weighted by Gasteiger charge is 2.36. The Labute approximate surface area is 155 Å². The molecule has 0 spiro atoms. The molecule has 6 nitrogen and oxygen atoms in total. The molecule has 1 aromatic carbocycles. The van der Waals surface area contributed by atoms with Crippen LogP contribution in [0.3, 0.4) is 0 Å². The van der Waals surface area contributed by atoms with Crippen LogP contribution in [-0.2, 0) is 9.53 Å². The zero-order valence-electron chi connectivity index (χ0n) is 14.6. The molecule has 138 valence electrons. The van der Waals surface area contributed by atoms with E-state index in [9.17, 15) is 19.1 Å². The first-order valence-electron chi connectivity index (χ1n) is 8.06. The van der Waals surface area contributed by atoms with Gasteiger partial charge in [0.2, 0.25) is 0 Å². The molecule has 0 saturated heterocycles. The molecular weight excluding hydrogens is 359 g/mol. The maximum absolute atomic E-state index is 13.5. The molecule has 0 bridgehead atoms. The van der Waals surface area contributed by atoms with E-state index in [0.717, 1.165) is 4.90 Å². The molecule has 26 heavy (non-hydrogen) atoms. The fourth-order valence-electron chi connectivity index (χ4n) is 2.78. The van der Waals surface area contributed by atoms with Crippen LogP contribution < -0.4 is 0 Å². The number of rotatable bonds is 1. The van der Waals surface area contributed by atoms with Gasteiger partial charge in [-0.1, -0.05) is 0 Å². The average molecular weight is 378 g/mol. The number of imide groups is 1. The van der Waals surface area contributed by atoms with Gasteiger partial charge in [0.25, 0.3) is 5.91 Å². The number of benzene rings is 1. The number of H-pyrrole nitrogens is 1. The summed E-state index contributed by atoms with van der Waals surface area (Å²) in [7, 11) is 0. The number of carbonyl (C=O) groups excluding carboxylic acids is 2. The highest BCUT2D eigenvalue weighted by atomic mass is 32.1. The molecule has 1 aromatic heterocycles. The van der Waals surface area contributed by atoms with Crippen molar-refractivity contribution in [2.75, 3.05) is 6.54 Å². The van der Waals surface area contributed by atoms with Crippen LogP contribution in [0.2, 0.25) is 0 Å². The molecule has 1 aliphatic heterocycles. The quantitative estimate of drug-likeness (QED) is 0.654. The van der Waals surface area contributed by atoms with Gasteiger partial charge in [-0.25, -0.2) is 14.1 Å². The van der Waals surface area contributed by atoms with E-state index in [4.69, 9.17) is 4.74 Å². The molecule has 0 fully saturated rings. The van der Waals surface area contributed by atoms with Crippen LogP contribution in [0.15, 0.2) is 28.9 Å². The summed E-state index contributed by atoms with van der Waals surface area (Å²) in [4.78, 5) is 29.4. The lowest BCUT2D eigenvalue weighted by Crippen LogP contribution is -2.44. The maximum Gasteiger partial charge on any atom is 0.417 e. The third-order valence-electron chi connectivity index (χ3n) is 3.92. The lowest BCUT2D eigenvalue weighted by atomic mass is 10.0. The standard InChI is InChI=1S/C18H19FN2O4S/c1-18(2,3)25-17(24)21-7-6-12(22)13(16(21)23)14-15(26)10-5-4-9(19)8-11(10)20-14/h4-5,8,20,22,26H,6-7H2,1-3H3. The lowest BCUT2D eigenvalue weighted by Gasteiger charge is -2.29. The van der Waals surface area contributed by atoms with Crippen LogP contribution in [0.25, 0.3) is 16.5 Å². The molecule has 2 aromatic rings. The summed E-state index contributed by atoms with van der Waals surface area (Å²) in [6.45, 7) is 5.11. The van der Waals surface area contributed by atoms with Gasteiger partial charge in [-0.2, -0.15) is 0 Å². The average Bonchev–Trinajstić information content (AvgIpc) is 2.81. The summed E-state index contributed by atoms with van der Waals surface area (Å²) < 4.78 is 18.7. The number of nitrogens with one attached hydrogen (secondary N) is 1. The number of hydrogen-bond donors (Lipinski definition) is 3. The summed E-state index contributed by atoms with van der Waals surface area (Å²) in [6, 6.07) is 4.09. The highest BCUT2D eigenvalue weighted by molar-refractivity contribution is 7.80. The van der Waals surface area contributed by atoms with Crippen LogP contribution in [0.1, 0.15) is 32.9 Å². The highest BCUT2D eigenvalue weighted by Crippen LogP contribution is 2.35. The summed E-state index contributed by atoms with van der Waals surface area (Å²) in [5.74, 6) is -1.29. The van der Waals surface area contributed by atoms with E-state index >= 15 is 0 Å². The first kappa shape index (κ1) is 18.3. The van der Waals surface area contributed by atoms with Crippen LogP contribution in [0.5, 0.6) is 0 Å². The molecule has 1 aliphatic rings. The number of amides is 2. The van der Waals surface area contributed by atoms with E-state index in [1.54, 1.807) is 20.8 Å². The number of halogens is 1. The van der Waals surface area contributed by atoms with E-state index in [2.05, 4.69) is 17.6 Å². The Bertz CT molecular complexity index is 943. The summed E-state index contributed by atoms with van der Waals surface area (Å²) >= 11 is 4.40. The van der Waals surface area contributed by atoms with E-state index in [-0.39, 0.29) is 30.0 Å². The largest absolute Gasteiger partial charge is 0.511 e. The van der Waals surface area contributed by atoms with Crippen molar-refractivity contribution in [3.63, 3.8) is 0 Å². The molecule has 0 radical (unpaired) electrons. The molecule has 2 heterocycles. The number of ether oxygens (including phenoxy) is 1. The number of aromatic nitrogens is 1. The molecule has 0 atom stereocenters. The Morgan fingerprint density at radius 1 is 1.38 bits per heavy atom. The number of aliphatic hydroxyl groups is 1. The Balaban J connectivity index is 2.02. The Kier molecular flexibility index (Phi) is 4.47. The second kappa shape index (κ2) is 6.35. The van der Waals surface area contributed by atoms with Crippen LogP contribution >= 0.6 is 12.6 Å². The Morgan fingerprint density at radius 2 is 2.08 bits per heavy atom. The van der Waals surface area contributed by atoms with E-state index < -0.39 is 23.4 Å². The van der Waals surface area contributed by atoms with Gasteiger partial charge in [-0.3, -0.25) is 4.79 Å². The fraction of sp³-hybridized carbons (Fsp3) is 0.333. The summed E-state index contributed by atoms with van der Waals surface area (Å²) in [5.41, 5.74) is -0.144. The fourth-order valence-corrected chi connectivity index (χ4v) is 3.14. The van der Waals surface area contributed by atoms with Crippen molar-refractivity contribution < 1.29 is 23.8 Å². The minimum atomic E-state index is -0.782. The number of carbonyl (C=O) groups is 2. The predicted molar refractivity (Wildman–Crippen MR) is 97.6 cm³/mol. The van der Waals surface area contributed by atoms with Crippen molar-refractivity contribution in [2.45, 2.75) is 37.7 Å². The van der Waals surface area contributed by atoms with E-state index in [1.807, 2.05) is 0 Å². The molecule has 0 unspecified atom stereocenters. The van der Waals surface area contributed by atoms with Crippen molar-refractivity contribution in [1.29, 1.82) is 0 Å². The first-order chi connectivity index (χ1) is 12.1. The summed E-state index contributed by atoms with van der Waals surface area (Å²) in [6.07, 6.45) is -0.688. The van der Waals surface area contributed by atoms with Gasteiger partial charge in [-0.15, -0.1) is 12.6 Å². The van der Waals surface area contributed by atoms with Crippen LogP contribution in [-0.4, -0.2) is 39.1 Å². The number of fused-ring (bicyclic) bond motifs is 1. The minimum Gasteiger partial charge on any atom is -0.511 e. The number of aliphatic hydroxyl groups excluding tert-OH is 1. The van der Waals surface area contributed by atoms with Gasteiger partial charge in [0.1, 0.15) is 22.8 Å². The SMILES string of the molecule is CC(C)(C)OC(=O)N1CCC(O)=C(c2[nH]c3cc(F)ccc3c2S)C1=O. The number of thiol groups is 1. The summed E-state index contributed by atoms with van der Waals surface area (Å²) in [5, 5.41) is 10.9. The van der Waals surface area contributed by atoms with Gasteiger partial charge in [0, 0.05) is 28.8 Å². The number of nitrogens with zero attached hydrogens (tertiary/aromatic N) is 1. The minimum absolute atomic E-state index is 0.0137. The zero-order valence-corrected chi connectivity index (χ0v) is 15.5. The molecule has 8 heteroatoms. The van der Waals surface area contributed by atoms with Gasteiger partial charge >= 0.3 is 6.09 Å². The molecule has 0 saturated carbocycles. The van der Waals surface area contributed by atoms with Crippen LogP contribution in [0.4, 0.5) is 9.18 Å². The van der Waals surface area contributed by atoms with Gasteiger partial charge in [0.05, 0.1) is 5.69 Å². The second-order valence-electron chi connectivity index (χ2n) is 7.05. The first-order valence-corrected chi connectivity index (χ1v) is 8.50. The predicted octanol–water partition coefficient (Wildman–Crippen LogP) is 4.03. The maximum atomic E-state index is 13.5. The van der Waals surface area contributed by atoms with Crippen molar-refractivity contribution in [3.05, 3.63) is 35.5 Å². The van der Waals surface area contributed by atoms with Crippen molar-refractivity contribution in [2.24, 2.45) is 0 Å². The van der Waals surface area contributed by atoms with E-state index in [1.165, 1.54) is 18.2 Å². The Morgan fingerprint density at radius 3 is 2.73 bits per heavy atom. The normalized spacial score (nSPS) is 15.7. The second-order valence-corrected chi connectivity index (χ2v) is 7.49. The lowest BCUT2D eigenvalue weighted by molar-refractivity contribution is -0.125. The monoisotopic (exact) mass is 378 g/mol. The number of aromatic amines is 1. The molecule has 0 aliphatic carbocycles. The van der Waals surface area contributed by atoms with Gasteiger partial charge in [-0.05, 0) is 39.0 Å². The number of hydrogen-bond acceptors (Lipinski definition) is 5. The molecular formula is C18H19FN2O4S. The van der Waals surface area contributed by atoms with Crippen molar-refractivity contribution >= 4 is 41.1 Å². The van der Waals surface area contributed by atoms with Gasteiger partial charge < -0.3 is 14.8 Å². The molecule has 3 rings (SSSR count). The van der Waals surface area contributed by atoms with Crippen molar-refractivity contribution in [3.8, 4) is 0 Å². The zero-order chi connectivity index (χ0) is 19.2. The third kappa shape index (κ3) is 3.29. The topological polar surface area (TPSA) is 82.6 Å². The van der Waals surface area contributed by atoms with E-state index in [0.29, 0.717) is 15.8 Å². The van der Waals surface area contributed by atoms with Gasteiger partial charge in [0.15, 0.2) is 0 Å². The molecule has 2 amide bonds. The van der Waals surface area contributed by atoms with Crippen molar-refractivity contribution in [1.82, 2.24) is 9.88 Å². The van der Waals surface area contributed by atoms with Crippen LogP contribution in [0, 0.1) is 5.82 Å². The Hall–Kier alpha value is -2.48.